The fourth-order valence-electron chi connectivity index (χ4n) is 21.2. The van der Waals surface area contributed by atoms with Crippen molar-refractivity contribution in [2.75, 3.05) is 0 Å². The summed E-state index contributed by atoms with van der Waals surface area (Å²) in [5.41, 5.74) is 35.7. The first kappa shape index (κ1) is 69.7. The molecule has 1 aliphatic rings. The van der Waals surface area contributed by atoms with Crippen LogP contribution in [0.25, 0.3) is 231 Å². The molecule has 7 aromatic heterocycles. The van der Waals surface area contributed by atoms with Crippen LogP contribution in [0, 0.1) is 0 Å². The summed E-state index contributed by atoms with van der Waals surface area (Å²) in [4.78, 5) is 0. The Bertz CT molecular complexity index is 8850. The number of benzene rings is 19. The molecule has 26 aromatic rings. The van der Waals surface area contributed by atoms with Crippen molar-refractivity contribution in [1.29, 1.82) is 0 Å². The highest BCUT2D eigenvalue weighted by Gasteiger charge is 2.37. The van der Waals surface area contributed by atoms with Gasteiger partial charge in [0.2, 0.25) is 0 Å². The smallest absolute Gasteiger partial charge is 0.135 e. The lowest BCUT2D eigenvalue weighted by atomic mass is 9.82. The first-order valence-electron chi connectivity index (χ1n) is 42.8. The number of furan rings is 1. The molecule has 0 unspecified atom stereocenters. The lowest BCUT2D eigenvalue weighted by Crippen LogP contribution is -2.16. The number of aromatic nitrogens is 6. The number of rotatable bonds is 9. The molecule has 7 heteroatoms. The summed E-state index contributed by atoms with van der Waals surface area (Å²) in [6.07, 6.45) is 0. The summed E-state index contributed by atoms with van der Waals surface area (Å²) in [6.45, 7) is 4.78. The molecule has 7 heterocycles. The van der Waals surface area contributed by atoms with Crippen LogP contribution < -0.4 is 0 Å². The minimum atomic E-state index is -0.191. The van der Waals surface area contributed by atoms with Gasteiger partial charge in [0.15, 0.2) is 0 Å². The summed E-state index contributed by atoms with van der Waals surface area (Å²) in [7, 11) is 0. The van der Waals surface area contributed by atoms with Crippen LogP contribution in [-0.2, 0) is 5.41 Å². The van der Waals surface area contributed by atoms with Gasteiger partial charge in [0.25, 0.3) is 0 Å². The van der Waals surface area contributed by atoms with Crippen molar-refractivity contribution < 1.29 is 4.42 Å². The third-order valence-corrected chi connectivity index (χ3v) is 26.9. The van der Waals surface area contributed by atoms with Gasteiger partial charge in [-0.25, -0.2) is 0 Å². The number of hydrogen-bond acceptors (Lipinski definition) is 1. The summed E-state index contributed by atoms with van der Waals surface area (Å²) in [5.74, 6) is 0. The predicted octanol–water partition coefficient (Wildman–Crippen LogP) is 31.2. The minimum absolute atomic E-state index is 0.191. The number of hydrogen-bond donors (Lipinski definition) is 0. The van der Waals surface area contributed by atoms with Crippen LogP contribution in [0.4, 0.5) is 0 Å². The van der Waals surface area contributed by atoms with Gasteiger partial charge in [-0.05, 0) is 244 Å². The number of nitrogens with zero attached hydrogens (tertiary/aromatic N) is 6. The van der Waals surface area contributed by atoms with Crippen LogP contribution >= 0.6 is 0 Å². The van der Waals surface area contributed by atoms with E-state index in [2.05, 4.69) is 454 Å². The van der Waals surface area contributed by atoms with Gasteiger partial charge in [-0.3, -0.25) is 0 Å². The zero-order valence-electron chi connectivity index (χ0n) is 68.0. The van der Waals surface area contributed by atoms with Crippen LogP contribution in [0.15, 0.2) is 429 Å². The maximum atomic E-state index is 6.11. The average Bonchev–Trinajstić information content (AvgIpc) is 1.55. The van der Waals surface area contributed by atoms with Crippen LogP contribution in [0.1, 0.15) is 25.0 Å². The van der Waals surface area contributed by atoms with Gasteiger partial charge in [0.05, 0.1) is 66.2 Å². The van der Waals surface area contributed by atoms with Crippen molar-refractivity contribution in [3.63, 3.8) is 0 Å². The Morgan fingerprint density at radius 1 is 0.161 bits per heavy atom. The Morgan fingerprint density at radius 3 is 0.734 bits per heavy atom. The third kappa shape index (κ3) is 10.4. The van der Waals surface area contributed by atoms with Crippen molar-refractivity contribution >= 4 is 153 Å². The predicted molar refractivity (Wildman–Crippen MR) is 520 cm³/mol. The lowest BCUT2D eigenvalue weighted by Gasteiger charge is -2.23. The van der Waals surface area contributed by atoms with Crippen LogP contribution in [0.2, 0.25) is 0 Å². The van der Waals surface area contributed by atoms with Crippen LogP contribution in [0.5, 0.6) is 0 Å². The van der Waals surface area contributed by atoms with Crippen LogP contribution in [0.3, 0.4) is 0 Å². The fraction of sp³-hybridized carbons (Fsp3) is 0.0256. The van der Waals surface area contributed by atoms with E-state index in [-0.39, 0.29) is 5.41 Å². The van der Waals surface area contributed by atoms with E-state index in [0.29, 0.717) is 0 Å². The van der Waals surface area contributed by atoms with E-state index in [9.17, 15) is 0 Å². The molecule has 0 amide bonds. The second-order valence-corrected chi connectivity index (χ2v) is 33.9. The molecule has 19 aromatic carbocycles. The van der Waals surface area contributed by atoms with Gasteiger partial charge in [-0.15, -0.1) is 0 Å². The van der Waals surface area contributed by atoms with Gasteiger partial charge >= 0.3 is 0 Å². The highest BCUT2D eigenvalue weighted by molar-refractivity contribution is 6.17. The Kier molecular flexibility index (Phi) is 15.1. The van der Waals surface area contributed by atoms with Crippen molar-refractivity contribution in [2.45, 2.75) is 19.3 Å². The van der Waals surface area contributed by atoms with Crippen LogP contribution in [-0.4, -0.2) is 27.4 Å². The summed E-state index contributed by atoms with van der Waals surface area (Å²) in [6, 6.07) is 156. The largest absolute Gasteiger partial charge is 0.456 e. The molecule has 0 saturated heterocycles. The van der Waals surface area contributed by atoms with E-state index < -0.39 is 0 Å². The van der Waals surface area contributed by atoms with Crippen molar-refractivity contribution in [1.82, 2.24) is 27.4 Å². The van der Waals surface area contributed by atoms with E-state index in [1.54, 1.807) is 0 Å². The van der Waals surface area contributed by atoms with Gasteiger partial charge in [0.1, 0.15) is 11.2 Å². The highest BCUT2D eigenvalue weighted by atomic mass is 16.3. The van der Waals surface area contributed by atoms with Gasteiger partial charge < -0.3 is 31.8 Å². The maximum absolute atomic E-state index is 6.11. The first-order valence-corrected chi connectivity index (χ1v) is 42.8. The normalized spacial score (nSPS) is 12.7. The standard InChI is InChI=1S/C60H37N3O.C57H39N3/c1-6-16-53-45(11-1)46-12-2-7-17-54(46)61(53)43-28-30-44(31-29-43)63-56-19-9-4-14-48(56)51-36-41(24-33-58(51)63)40-23-32-57-50(35-40)47-13-3-8-18-55(47)62(57)42-26-21-38(22-27-42)39-25-34-60-52(37-39)49-15-5-10-20-59(49)64-60;1-57(2)49-34-39(59-51-20-10-6-16-43(51)44-17-7-11-21-52(44)59)26-28-41(49)42-29-27-40(35-50(42)57)60-54-23-13-9-19-46(54)48-33-37(25-31-56(48)60)36-24-30-55-47(32-36)45-18-8-12-22-53(45)58(55)38-14-4-3-5-15-38/h1-37H;3-35H,1-2H3. The molecule has 0 N–H and O–H groups in total. The topological polar surface area (TPSA) is 42.7 Å². The molecule has 580 valence electrons. The molecule has 0 aliphatic heterocycles. The first-order chi connectivity index (χ1) is 61.3. The molecule has 0 saturated carbocycles. The second-order valence-electron chi connectivity index (χ2n) is 33.9. The van der Waals surface area contributed by atoms with E-state index in [1.165, 1.54) is 204 Å². The fourth-order valence-corrected chi connectivity index (χ4v) is 21.2. The summed E-state index contributed by atoms with van der Waals surface area (Å²) < 4.78 is 20.6. The Hall–Kier alpha value is -16.2. The van der Waals surface area contributed by atoms with Gasteiger partial charge in [-0.2, -0.15) is 0 Å². The number of para-hydroxylation sites is 10. The maximum Gasteiger partial charge on any atom is 0.135 e. The number of fused-ring (bicyclic) bond motifs is 24. The summed E-state index contributed by atoms with van der Waals surface area (Å²) >= 11 is 0. The van der Waals surface area contributed by atoms with Crippen molar-refractivity contribution in [3.05, 3.63) is 436 Å². The molecule has 27 rings (SSSR count). The zero-order chi connectivity index (χ0) is 81.6. The Labute approximate surface area is 713 Å². The molecule has 1 aliphatic carbocycles. The molecule has 0 fully saturated rings. The molecular weight excluding hydrogens is 1510 g/mol. The van der Waals surface area contributed by atoms with E-state index in [4.69, 9.17) is 4.42 Å². The van der Waals surface area contributed by atoms with E-state index >= 15 is 0 Å². The van der Waals surface area contributed by atoms with Gasteiger partial charge in [-0.1, -0.05) is 250 Å². The van der Waals surface area contributed by atoms with E-state index in [0.717, 1.165) is 39.0 Å². The highest BCUT2D eigenvalue weighted by Crippen LogP contribution is 2.52. The molecule has 0 spiro atoms. The van der Waals surface area contributed by atoms with E-state index in [1.807, 2.05) is 12.1 Å². The molecule has 0 radical (unpaired) electrons. The zero-order valence-corrected chi connectivity index (χ0v) is 68.0. The minimum Gasteiger partial charge on any atom is -0.456 e. The molecule has 124 heavy (non-hydrogen) atoms. The average molecular weight is 1580 g/mol. The third-order valence-electron chi connectivity index (χ3n) is 26.9. The monoisotopic (exact) mass is 1580 g/mol. The SMILES string of the molecule is CC1(C)c2cc(-n3c4ccccc4c4ccccc43)ccc2-c2ccc(-n3c4ccccc4c4cc(-c5ccc6c(c5)c5ccccc5n6-c5ccccc5)ccc43)cc21.c1ccc2c(c1)oc1ccc(-c3ccc(-n4c5ccccc5c5cc(-c6ccc7c(c6)c6ccccc6n7-c6ccc(-n7c8ccccc8c8ccccc87)cc6)ccc54)cc3)cc12. The molecule has 0 atom stereocenters. The van der Waals surface area contributed by atoms with Crippen molar-refractivity contribution in [2.24, 2.45) is 0 Å². The summed E-state index contributed by atoms with van der Waals surface area (Å²) in [5, 5.41) is 17.4. The lowest BCUT2D eigenvalue weighted by molar-refractivity contribution is 0.659. The van der Waals surface area contributed by atoms with Gasteiger partial charge in [0, 0.05) is 115 Å². The molecule has 7 nitrogen and oxygen atoms in total. The quantitative estimate of drug-likeness (QED) is 0.142. The second kappa shape index (κ2) is 26.9. The Morgan fingerprint density at radius 2 is 0.387 bits per heavy atom. The molecular formula is C117H76N6O. The van der Waals surface area contributed by atoms with Crippen molar-refractivity contribution in [3.8, 4) is 78.6 Å². The Balaban J connectivity index is 0.000000133. The molecule has 0 bridgehead atoms.